The molecule has 0 unspecified atom stereocenters. The van der Waals surface area contributed by atoms with Crippen molar-refractivity contribution in [2.24, 2.45) is 0 Å². The summed E-state index contributed by atoms with van der Waals surface area (Å²) in [5.41, 5.74) is 1.23. The molecule has 0 bridgehead atoms. The van der Waals surface area contributed by atoms with Crippen LogP contribution in [0.3, 0.4) is 0 Å². The molecule has 0 saturated heterocycles. The fraction of sp³-hybridized carbons (Fsp3) is 0.400. The van der Waals surface area contributed by atoms with Crippen LogP contribution in [0.15, 0.2) is 11.0 Å². The quantitative estimate of drug-likeness (QED) is 0.489. The fourth-order valence-electron chi connectivity index (χ4n) is 0.418. The van der Waals surface area contributed by atoms with E-state index in [1.54, 1.807) is 11.8 Å². The molecule has 0 fully saturated rings. The highest BCUT2D eigenvalue weighted by molar-refractivity contribution is 8.02. The Morgan fingerprint density at radius 3 is 2.71 bits per heavy atom. The number of hydrogen-bond acceptors (Lipinski definition) is 1. The highest BCUT2D eigenvalue weighted by atomic mass is 35.5. The lowest BCUT2D eigenvalue weighted by atomic mass is 10.3. The first-order valence-corrected chi connectivity index (χ1v) is 3.53. The Balaban J connectivity index is 2.54. The summed E-state index contributed by atoms with van der Waals surface area (Å²) in [6.45, 7) is 2.03. The predicted molar refractivity (Wildman–Crippen MR) is 35.3 cm³/mol. The van der Waals surface area contributed by atoms with Crippen molar-refractivity contribution in [2.45, 2.75) is 6.92 Å². The van der Waals surface area contributed by atoms with Gasteiger partial charge in [-0.2, -0.15) is 0 Å². The molecule has 1 aliphatic heterocycles. The van der Waals surface area contributed by atoms with Crippen LogP contribution in [0.4, 0.5) is 0 Å². The van der Waals surface area contributed by atoms with E-state index < -0.39 is 0 Å². The van der Waals surface area contributed by atoms with E-state index in [-0.39, 0.29) is 0 Å². The van der Waals surface area contributed by atoms with E-state index in [9.17, 15) is 0 Å². The van der Waals surface area contributed by atoms with Gasteiger partial charge >= 0.3 is 0 Å². The fourth-order valence-corrected chi connectivity index (χ4v) is 1.58. The summed E-state index contributed by atoms with van der Waals surface area (Å²) in [4.78, 5) is 0. The first kappa shape index (κ1) is 5.52. The molecule has 1 radical (unpaired) electrons. The summed E-state index contributed by atoms with van der Waals surface area (Å²) in [7, 11) is 0. The summed E-state index contributed by atoms with van der Waals surface area (Å²) >= 11 is 7.45. The van der Waals surface area contributed by atoms with Gasteiger partial charge in [-0.05, 0) is 17.9 Å². The minimum absolute atomic E-state index is 0.980. The number of allylic oxidation sites excluding steroid dienone is 1. The second-order valence-electron chi connectivity index (χ2n) is 1.52. The molecule has 0 nitrogen and oxygen atoms in total. The van der Waals surface area contributed by atoms with Crippen molar-refractivity contribution in [2.75, 3.05) is 5.75 Å². The average Bonchev–Trinajstić information content (AvgIpc) is 1.91. The summed E-state index contributed by atoms with van der Waals surface area (Å²) in [5.74, 6) is 0.980. The Hall–Kier alpha value is 0.380. The Morgan fingerprint density at radius 1 is 1.86 bits per heavy atom. The van der Waals surface area contributed by atoms with Crippen molar-refractivity contribution < 1.29 is 0 Å². The van der Waals surface area contributed by atoms with Gasteiger partial charge in [0.05, 0.1) is 5.38 Å². The number of thioether (sulfide) groups is 1. The van der Waals surface area contributed by atoms with Crippen molar-refractivity contribution >= 4 is 23.4 Å². The second-order valence-corrected chi connectivity index (χ2v) is 2.83. The summed E-state index contributed by atoms with van der Waals surface area (Å²) in [5, 5.41) is 3.09. The summed E-state index contributed by atoms with van der Waals surface area (Å²) in [6.07, 6.45) is 0. The zero-order chi connectivity index (χ0) is 5.28. The maximum atomic E-state index is 5.69. The van der Waals surface area contributed by atoms with Crippen LogP contribution in [-0.2, 0) is 0 Å². The van der Waals surface area contributed by atoms with Crippen LogP contribution >= 0.6 is 23.4 Å². The van der Waals surface area contributed by atoms with Crippen LogP contribution in [-0.4, -0.2) is 5.75 Å². The molecule has 0 amide bonds. The molecule has 0 saturated carbocycles. The molecule has 0 spiro atoms. The lowest BCUT2D eigenvalue weighted by Crippen LogP contribution is -1.83. The zero-order valence-corrected chi connectivity index (χ0v) is 5.64. The highest BCUT2D eigenvalue weighted by Gasteiger charge is 2.12. The van der Waals surface area contributed by atoms with E-state index in [1.165, 1.54) is 5.57 Å². The maximum Gasteiger partial charge on any atom is 0.0991 e. The van der Waals surface area contributed by atoms with Crippen LogP contribution < -0.4 is 0 Å². The van der Waals surface area contributed by atoms with Crippen molar-refractivity contribution in [3.63, 3.8) is 0 Å². The average molecular weight is 134 g/mol. The molecular weight excluding hydrogens is 128 g/mol. The van der Waals surface area contributed by atoms with Crippen LogP contribution in [0.2, 0.25) is 0 Å². The Labute approximate surface area is 52.9 Å². The van der Waals surface area contributed by atoms with Crippen molar-refractivity contribution in [1.82, 2.24) is 0 Å². The van der Waals surface area contributed by atoms with Gasteiger partial charge in [-0.3, -0.25) is 0 Å². The van der Waals surface area contributed by atoms with Crippen molar-refractivity contribution in [3.8, 4) is 0 Å². The van der Waals surface area contributed by atoms with Crippen LogP contribution in [0.5, 0.6) is 0 Å². The van der Waals surface area contributed by atoms with Gasteiger partial charge in [0.25, 0.3) is 0 Å². The molecule has 1 heterocycles. The molecule has 1 aliphatic rings. The number of halogens is 1. The zero-order valence-electron chi connectivity index (χ0n) is 4.07. The van der Waals surface area contributed by atoms with Crippen molar-refractivity contribution in [3.05, 3.63) is 16.4 Å². The third-order valence-electron chi connectivity index (χ3n) is 0.898. The van der Waals surface area contributed by atoms with Gasteiger partial charge in [-0.1, -0.05) is 0 Å². The van der Waals surface area contributed by atoms with E-state index in [0.717, 1.165) is 11.1 Å². The molecule has 0 aliphatic carbocycles. The van der Waals surface area contributed by atoms with Gasteiger partial charge in [0.15, 0.2) is 0 Å². The molecule has 0 aromatic rings. The van der Waals surface area contributed by atoms with E-state index in [1.807, 2.05) is 6.92 Å². The third kappa shape index (κ3) is 1.14. The topological polar surface area (TPSA) is 0 Å². The SMILES string of the molecule is CC1=CSC[C]1Cl. The molecule has 0 aromatic carbocycles. The van der Waals surface area contributed by atoms with E-state index in [0.29, 0.717) is 0 Å². The molecule has 0 aromatic heterocycles. The molecule has 39 valence electrons. The van der Waals surface area contributed by atoms with Crippen LogP contribution in [0, 0.1) is 5.38 Å². The van der Waals surface area contributed by atoms with Crippen molar-refractivity contribution in [1.29, 1.82) is 0 Å². The van der Waals surface area contributed by atoms with Gasteiger partial charge in [0, 0.05) is 5.75 Å². The van der Waals surface area contributed by atoms with E-state index in [2.05, 4.69) is 5.41 Å². The number of rotatable bonds is 0. The van der Waals surface area contributed by atoms with Crippen LogP contribution in [0.1, 0.15) is 6.92 Å². The van der Waals surface area contributed by atoms with Gasteiger partial charge in [0.2, 0.25) is 0 Å². The standard InChI is InChI=1S/C5H6ClS/c1-4-2-7-3-5(4)6/h2H,3H2,1H3. The Bertz CT molecular complexity index is 98.3. The third-order valence-corrected chi connectivity index (χ3v) is 2.46. The Kier molecular flexibility index (Phi) is 1.65. The van der Waals surface area contributed by atoms with Gasteiger partial charge in [-0.25, -0.2) is 0 Å². The summed E-state index contributed by atoms with van der Waals surface area (Å²) in [6, 6.07) is 0. The minimum Gasteiger partial charge on any atom is -0.132 e. The first-order chi connectivity index (χ1) is 3.30. The molecule has 1 rings (SSSR count). The molecule has 0 N–H and O–H groups in total. The first-order valence-electron chi connectivity index (χ1n) is 2.11. The minimum atomic E-state index is 0.980. The molecule has 2 heteroatoms. The van der Waals surface area contributed by atoms with E-state index >= 15 is 0 Å². The van der Waals surface area contributed by atoms with Gasteiger partial charge in [0.1, 0.15) is 0 Å². The highest BCUT2D eigenvalue weighted by Crippen LogP contribution is 2.31. The Morgan fingerprint density at radius 2 is 2.57 bits per heavy atom. The predicted octanol–water partition coefficient (Wildman–Crippen LogP) is 2.41. The largest absolute Gasteiger partial charge is 0.132 e. The molecular formula is C5H6ClS. The lowest BCUT2D eigenvalue weighted by molar-refractivity contribution is 1.35. The number of hydrogen-bond donors (Lipinski definition) is 0. The summed E-state index contributed by atoms with van der Waals surface area (Å²) < 4.78 is 0. The smallest absolute Gasteiger partial charge is 0.0991 e. The van der Waals surface area contributed by atoms with Gasteiger partial charge in [-0.15, -0.1) is 23.4 Å². The monoisotopic (exact) mass is 133 g/mol. The molecule has 0 atom stereocenters. The second kappa shape index (κ2) is 2.10. The van der Waals surface area contributed by atoms with E-state index in [4.69, 9.17) is 11.6 Å². The van der Waals surface area contributed by atoms with Crippen LogP contribution in [0.25, 0.3) is 0 Å². The lowest BCUT2D eigenvalue weighted by Gasteiger charge is -1.93. The normalized spacial score (nSPS) is 22.9. The van der Waals surface area contributed by atoms with Gasteiger partial charge < -0.3 is 0 Å². The molecule has 7 heavy (non-hydrogen) atoms. The maximum absolute atomic E-state index is 5.69.